The van der Waals surface area contributed by atoms with E-state index in [1.54, 1.807) is 0 Å². The molecule has 150 valence electrons. The molecule has 0 atom stereocenters. The molecular formula is C18H20BrF2N5O2. The number of nitrogens with zero attached hydrogens (tertiary/aromatic N) is 4. The molecule has 1 aromatic carbocycles. The van der Waals surface area contributed by atoms with Crippen molar-refractivity contribution in [3.8, 4) is 5.88 Å². The van der Waals surface area contributed by atoms with Gasteiger partial charge in [0.05, 0.1) is 24.5 Å². The van der Waals surface area contributed by atoms with Crippen molar-refractivity contribution in [3.63, 3.8) is 0 Å². The summed E-state index contributed by atoms with van der Waals surface area (Å²) < 4.78 is 36.7. The highest BCUT2D eigenvalue weighted by atomic mass is 79.9. The molecule has 2 N–H and O–H groups in total. The summed E-state index contributed by atoms with van der Waals surface area (Å²) in [5.74, 6) is -0.0620. The van der Waals surface area contributed by atoms with Crippen LogP contribution in [0.3, 0.4) is 0 Å². The molecule has 1 aromatic heterocycles. The number of morpholine rings is 1. The van der Waals surface area contributed by atoms with Crippen LogP contribution in [0.25, 0.3) is 0 Å². The third-order valence-electron chi connectivity index (χ3n) is 4.20. The summed E-state index contributed by atoms with van der Waals surface area (Å²) in [6.07, 6.45) is 1.36. The van der Waals surface area contributed by atoms with Gasteiger partial charge in [0.2, 0.25) is 11.8 Å². The maximum absolute atomic E-state index is 12.9. The Hall–Kier alpha value is -2.33. The molecule has 0 amide bonds. The Bertz CT molecular complexity index is 866. The van der Waals surface area contributed by atoms with Crippen LogP contribution in [0.5, 0.6) is 5.88 Å². The standard InChI is InChI=1S/C18H20BrF2N5O2/c1-10-7-12(19)8-11(2)14(10)23-9-13-15(22)24-18(25-16(13)28-17(20)21)26-3-5-27-6-4-26/h7-9,17H,3-6H2,1-2H3,(H2,22,24,25). The second-order valence-electron chi connectivity index (χ2n) is 6.25. The van der Waals surface area contributed by atoms with Crippen LogP contribution in [0.2, 0.25) is 0 Å². The van der Waals surface area contributed by atoms with Crippen LogP contribution >= 0.6 is 15.9 Å². The van der Waals surface area contributed by atoms with Crippen molar-refractivity contribution in [1.29, 1.82) is 0 Å². The normalized spacial score (nSPS) is 14.9. The summed E-state index contributed by atoms with van der Waals surface area (Å²) in [6, 6.07) is 3.83. The fourth-order valence-corrected chi connectivity index (χ4v) is 3.58. The smallest absolute Gasteiger partial charge is 0.388 e. The zero-order valence-corrected chi connectivity index (χ0v) is 17.0. The van der Waals surface area contributed by atoms with Gasteiger partial charge >= 0.3 is 6.61 Å². The first-order valence-electron chi connectivity index (χ1n) is 8.61. The Labute approximate surface area is 169 Å². The maximum atomic E-state index is 12.9. The van der Waals surface area contributed by atoms with Crippen molar-refractivity contribution in [1.82, 2.24) is 9.97 Å². The van der Waals surface area contributed by atoms with Gasteiger partial charge in [0.1, 0.15) is 5.82 Å². The highest BCUT2D eigenvalue weighted by Crippen LogP contribution is 2.30. The molecule has 0 radical (unpaired) electrons. The second kappa shape index (κ2) is 8.78. The Balaban J connectivity index is 1.99. The third-order valence-corrected chi connectivity index (χ3v) is 4.66. The molecule has 2 aromatic rings. The number of alkyl halides is 2. The van der Waals surface area contributed by atoms with E-state index in [4.69, 9.17) is 10.5 Å². The van der Waals surface area contributed by atoms with Gasteiger partial charge in [-0.15, -0.1) is 0 Å². The second-order valence-corrected chi connectivity index (χ2v) is 7.17. The number of ether oxygens (including phenoxy) is 2. The first-order chi connectivity index (χ1) is 13.3. The van der Waals surface area contributed by atoms with E-state index in [1.165, 1.54) is 6.21 Å². The van der Waals surface area contributed by atoms with Crippen LogP contribution in [-0.4, -0.2) is 49.1 Å². The van der Waals surface area contributed by atoms with Crippen LogP contribution in [0, 0.1) is 13.8 Å². The summed E-state index contributed by atoms with van der Waals surface area (Å²) in [5.41, 5.74) is 8.70. The fourth-order valence-electron chi connectivity index (χ4n) is 2.89. The quantitative estimate of drug-likeness (QED) is 0.692. The van der Waals surface area contributed by atoms with Crippen LogP contribution in [0.1, 0.15) is 16.7 Å². The number of aromatic nitrogens is 2. The molecule has 0 unspecified atom stereocenters. The summed E-state index contributed by atoms with van der Waals surface area (Å²) >= 11 is 3.43. The van der Waals surface area contributed by atoms with Gasteiger partial charge in [-0.3, -0.25) is 4.99 Å². The summed E-state index contributed by atoms with van der Waals surface area (Å²) in [7, 11) is 0. The molecule has 1 aliphatic rings. The van der Waals surface area contributed by atoms with Gasteiger partial charge in [0.15, 0.2) is 0 Å². The average Bonchev–Trinajstić information content (AvgIpc) is 2.62. The lowest BCUT2D eigenvalue weighted by atomic mass is 10.1. The molecule has 1 fully saturated rings. The van der Waals surface area contributed by atoms with Crippen molar-refractivity contribution >= 4 is 39.6 Å². The molecule has 2 heterocycles. The Morgan fingerprint density at radius 1 is 1.25 bits per heavy atom. The van der Waals surface area contributed by atoms with Crippen LogP contribution in [0.15, 0.2) is 21.6 Å². The lowest BCUT2D eigenvalue weighted by Gasteiger charge is -2.27. The monoisotopic (exact) mass is 455 g/mol. The predicted octanol–water partition coefficient (Wildman–Crippen LogP) is 3.63. The Kier molecular flexibility index (Phi) is 6.40. The number of aliphatic imine (C=N–C) groups is 1. The molecular weight excluding hydrogens is 436 g/mol. The van der Waals surface area contributed by atoms with E-state index in [2.05, 4.69) is 35.6 Å². The number of rotatable bonds is 5. The largest absolute Gasteiger partial charge is 0.416 e. The number of anilines is 2. The number of halogens is 3. The molecule has 1 aliphatic heterocycles. The first kappa shape index (κ1) is 20.4. The van der Waals surface area contributed by atoms with Crippen molar-refractivity contribution < 1.29 is 18.3 Å². The maximum Gasteiger partial charge on any atom is 0.388 e. The van der Waals surface area contributed by atoms with Crippen molar-refractivity contribution in [2.75, 3.05) is 36.9 Å². The Morgan fingerprint density at radius 3 is 2.50 bits per heavy atom. The minimum atomic E-state index is -3.05. The minimum Gasteiger partial charge on any atom is -0.416 e. The lowest BCUT2D eigenvalue weighted by molar-refractivity contribution is -0.0529. The summed E-state index contributed by atoms with van der Waals surface area (Å²) in [6.45, 7) is 2.84. The van der Waals surface area contributed by atoms with E-state index in [1.807, 2.05) is 30.9 Å². The van der Waals surface area contributed by atoms with Gasteiger partial charge in [-0.05, 0) is 37.1 Å². The van der Waals surface area contributed by atoms with E-state index in [0.29, 0.717) is 32.0 Å². The molecule has 7 nitrogen and oxygen atoms in total. The summed E-state index contributed by atoms with van der Waals surface area (Å²) in [5, 5.41) is 0. The highest BCUT2D eigenvalue weighted by Gasteiger charge is 2.21. The van der Waals surface area contributed by atoms with Gasteiger partial charge in [-0.1, -0.05) is 15.9 Å². The van der Waals surface area contributed by atoms with Crippen molar-refractivity contribution in [2.24, 2.45) is 4.99 Å². The van der Waals surface area contributed by atoms with Crippen molar-refractivity contribution in [2.45, 2.75) is 20.5 Å². The lowest BCUT2D eigenvalue weighted by Crippen LogP contribution is -2.37. The van der Waals surface area contributed by atoms with E-state index < -0.39 is 6.61 Å². The van der Waals surface area contributed by atoms with E-state index in [9.17, 15) is 8.78 Å². The van der Waals surface area contributed by atoms with Gasteiger partial charge in [-0.25, -0.2) is 0 Å². The number of benzene rings is 1. The SMILES string of the molecule is Cc1cc(Br)cc(C)c1N=Cc1c(N)nc(N2CCOCC2)nc1OC(F)F. The average molecular weight is 456 g/mol. The molecule has 1 saturated heterocycles. The predicted molar refractivity (Wildman–Crippen MR) is 107 cm³/mol. The first-order valence-corrected chi connectivity index (χ1v) is 9.40. The number of hydrogen-bond donors (Lipinski definition) is 1. The van der Waals surface area contributed by atoms with Gasteiger partial charge in [-0.2, -0.15) is 18.7 Å². The number of aryl methyl sites for hydroxylation is 2. The number of hydrogen-bond acceptors (Lipinski definition) is 7. The van der Waals surface area contributed by atoms with Crippen LogP contribution in [-0.2, 0) is 4.74 Å². The zero-order valence-electron chi connectivity index (χ0n) is 15.5. The number of nitrogens with two attached hydrogens (primary N) is 1. The zero-order chi connectivity index (χ0) is 20.3. The minimum absolute atomic E-state index is 0.0170. The van der Waals surface area contributed by atoms with Gasteiger partial charge < -0.3 is 20.1 Å². The molecule has 10 heteroatoms. The molecule has 0 aliphatic carbocycles. The van der Waals surface area contributed by atoms with Crippen LogP contribution < -0.4 is 15.4 Å². The molecule has 3 rings (SSSR count). The molecule has 28 heavy (non-hydrogen) atoms. The number of nitrogen functional groups attached to an aromatic ring is 1. The summed E-state index contributed by atoms with van der Waals surface area (Å²) in [4.78, 5) is 14.6. The van der Waals surface area contributed by atoms with E-state index in [-0.39, 0.29) is 23.2 Å². The van der Waals surface area contributed by atoms with Crippen LogP contribution in [0.4, 0.5) is 26.2 Å². The molecule has 0 saturated carbocycles. The molecule has 0 spiro atoms. The van der Waals surface area contributed by atoms with Gasteiger partial charge in [0.25, 0.3) is 0 Å². The fraction of sp³-hybridized carbons (Fsp3) is 0.389. The third kappa shape index (κ3) is 4.74. The van der Waals surface area contributed by atoms with E-state index >= 15 is 0 Å². The molecule has 0 bridgehead atoms. The van der Waals surface area contributed by atoms with Gasteiger partial charge in [0, 0.05) is 23.8 Å². The Morgan fingerprint density at radius 2 is 1.89 bits per heavy atom. The van der Waals surface area contributed by atoms with E-state index in [0.717, 1.165) is 15.6 Å². The topological polar surface area (TPSA) is 85.9 Å². The highest BCUT2D eigenvalue weighted by molar-refractivity contribution is 9.10. The van der Waals surface area contributed by atoms with Crippen molar-refractivity contribution in [3.05, 3.63) is 33.3 Å².